The van der Waals surface area contributed by atoms with Gasteiger partial charge in [0.05, 0.1) is 6.54 Å². The molecule has 1 aliphatic heterocycles. The first kappa shape index (κ1) is 13.2. The molecule has 1 saturated heterocycles. The van der Waals surface area contributed by atoms with E-state index in [2.05, 4.69) is 39.2 Å². The van der Waals surface area contributed by atoms with E-state index in [1.807, 2.05) is 19.3 Å². The van der Waals surface area contributed by atoms with Crippen molar-refractivity contribution in [2.24, 2.45) is 5.92 Å². The third-order valence-corrected chi connectivity index (χ3v) is 3.44. The van der Waals surface area contributed by atoms with Crippen LogP contribution in [-0.4, -0.2) is 55.6 Å². The van der Waals surface area contributed by atoms with Crippen LogP contribution in [0, 0.1) is 5.92 Å². The minimum absolute atomic E-state index is 0.716. The van der Waals surface area contributed by atoms with Gasteiger partial charge >= 0.3 is 0 Å². The zero-order valence-corrected chi connectivity index (χ0v) is 11.6. The molecule has 2 rings (SSSR count). The molecule has 5 nitrogen and oxygen atoms in total. The fourth-order valence-corrected chi connectivity index (χ4v) is 2.50. The van der Waals surface area contributed by atoms with Crippen molar-refractivity contribution in [3.63, 3.8) is 0 Å². The number of rotatable bonds is 5. The first-order chi connectivity index (χ1) is 8.69. The van der Waals surface area contributed by atoms with Crippen LogP contribution in [0.5, 0.6) is 0 Å². The Labute approximate surface area is 109 Å². The summed E-state index contributed by atoms with van der Waals surface area (Å²) in [6.07, 6.45) is 3.13. The van der Waals surface area contributed by atoms with Crippen molar-refractivity contribution in [3.05, 3.63) is 18.1 Å². The predicted octanol–water partition coefficient (Wildman–Crippen LogP) is 0.584. The van der Waals surface area contributed by atoms with Gasteiger partial charge in [-0.15, -0.1) is 0 Å². The van der Waals surface area contributed by atoms with E-state index in [0.717, 1.165) is 24.1 Å². The lowest BCUT2D eigenvalue weighted by Gasteiger charge is -2.22. The Kier molecular flexibility index (Phi) is 4.49. The number of likely N-dealkylation sites (tertiary alicyclic amines) is 1. The van der Waals surface area contributed by atoms with E-state index in [1.165, 1.54) is 19.5 Å². The Morgan fingerprint density at radius 1 is 1.56 bits per heavy atom. The van der Waals surface area contributed by atoms with E-state index in [9.17, 15) is 0 Å². The zero-order valence-electron chi connectivity index (χ0n) is 11.6. The van der Waals surface area contributed by atoms with Gasteiger partial charge in [-0.3, -0.25) is 0 Å². The molecule has 0 aliphatic carbocycles. The quantitative estimate of drug-likeness (QED) is 0.827. The molecule has 0 amide bonds. The number of hydrogen-bond acceptors (Lipinski definition) is 5. The van der Waals surface area contributed by atoms with Crippen molar-refractivity contribution in [2.45, 2.75) is 13.0 Å². The molecule has 0 saturated carbocycles. The van der Waals surface area contributed by atoms with E-state index in [1.54, 1.807) is 0 Å². The van der Waals surface area contributed by atoms with Crippen LogP contribution < -0.4 is 10.2 Å². The molecular weight excluding hydrogens is 226 g/mol. The number of aromatic nitrogens is 2. The first-order valence-electron chi connectivity index (χ1n) is 6.55. The monoisotopic (exact) mass is 249 g/mol. The molecule has 18 heavy (non-hydrogen) atoms. The van der Waals surface area contributed by atoms with E-state index in [0.29, 0.717) is 6.54 Å². The second kappa shape index (κ2) is 6.11. The highest BCUT2D eigenvalue weighted by Crippen LogP contribution is 2.18. The minimum Gasteiger partial charge on any atom is -0.359 e. The Bertz CT molecular complexity index is 381. The summed E-state index contributed by atoms with van der Waals surface area (Å²) in [6, 6.07) is 1.98. The lowest BCUT2D eigenvalue weighted by atomic mass is 10.1. The highest BCUT2D eigenvalue weighted by atomic mass is 15.2. The molecule has 100 valence electrons. The summed E-state index contributed by atoms with van der Waals surface area (Å²) in [5.74, 6) is 2.62. The highest BCUT2D eigenvalue weighted by Gasteiger charge is 2.21. The number of hydrogen-bond donors (Lipinski definition) is 1. The molecule has 1 unspecified atom stereocenters. The smallest absolute Gasteiger partial charge is 0.144 e. The topological polar surface area (TPSA) is 44.3 Å². The van der Waals surface area contributed by atoms with Gasteiger partial charge in [-0.25, -0.2) is 9.97 Å². The molecule has 0 radical (unpaired) electrons. The third kappa shape index (κ3) is 3.40. The Morgan fingerprint density at radius 2 is 2.39 bits per heavy atom. The second-order valence-electron chi connectivity index (χ2n) is 5.16. The van der Waals surface area contributed by atoms with E-state index < -0.39 is 0 Å². The fraction of sp³-hybridized carbons (Fsp3) is 0.692. The van der Waals surface area contributed by atoms with Crippen molar-refractivity contribution in [1.29, 1.82) is 0 Å². The van der Waals surface area contributed by atoms with Gasteiger partial charge in [0.2, 0.25) is 0 Å². The summed E-state index contributed by atoms with van der Waals surface area (Å²) in [4.78, 5) is 13.4. The van der Waals surface area contributed by atoms with Crippen molar-refractivity contribution >= 4 is 5.82 Å². The minimum atomic E-state index is 0.716. The maximum absolute atomic E-state index is 4.56. The van der Waals surface area contributed by atoms with Gasteiger partial charge in [-0.05, 0) is 39.0 Å². The molecule has 1 fully saturated rings. The van der Waals surface area contributed by atoms with E-state index in [-0.39, 0.29) is 0 Å². The van der Waals surface area contributed by atoms with Gasteiger partial charge in [-0.1, -0.05) is 0 Å². The van der Waals surface area contributed by atoms with Crippen LogP contribution in [0.2, 0.25) is 0 Å². The normalized spacial score (nSPS) is 20.3. The molecule has 5 heteroatoms. The second-order valence-corrected chi connectivity index (χ2v) is 5.16. The molecular formula is C13H23N5. The van der Waals surface area contributed by atoms with Gasteiger partial charge in [0, 0.05) is 26.3 Å². The Hall–Kier alpha value is -1.20. The summed E-state index contributed by atoms with van der Waals surface area (Å²) in [6.45, 7) is 4.19. The van der Waals surface area contributed by atoms with Crippen molar-refractivity contribution in [3.8, 4) is 0 Å². The summed E-state index contributed by atoms with van der Waals surface area (Å²) in [7, 11) is 6.22. The first-order valence-corrected chi connectivity index (χ1v) is 6.55. The molecule has 1 aromatic heterocycles. The third-order valence-electron chi connectivity index (χ3n) is 3.44. The SMILES string of the molecule is CNCc1nccc(N(C)CC2CCN(C)C2)n1. The average Bonchev–Trinajstić information content (AvgIpc) is 2.75. The average molecular weight is 249 g/mol. The fourth-order valence-electron chi connectivity index (χ4n) is 2.50. The van der Waals surface area contributed by atoms with E-state index >= 15 is 0 Å². The molecule has 2 heterocycles. The largest absolute Gasteiger partial charge is 0.359 e. The number of anilines is 1. The number of nitrogens with zero attached hydrogens (tertiary/aromatic N) is 4. The van der Waals surface area contributed by atoms with Crippen LogP contribution in [0.3, 0.4) is 0 Å². The van der Waals surface area contributed by atoms with Gasteiger partial charge in [0.15, 0.2) is 0 Å². The maximum atomic E-state index is 4.56. The predicted molar refractivity (Wildman–Crippen MR) is 73.7 cm³/mol. The van der Waals surface area contributed by atoms with Crippen LogP contribution >= 0.6 is 0 Å². The molecule has 1 atom stereocenters. The van der Waals surface area contributed by atoms with Crippen molar-refractivity contribution < 1.29 is 0 Å². The van der Waals surface area contributed by atoms with Crippen molar-refractivity contribution in [2.75, 3.05) is 45.7 Å². The molecule has 1 aliphatic rings. The van der Waals surface area contributed by atoms with Gasteiger partial charge in [0.1, 0.15) is 11.6 Å². The van der Waals surface area contributed by atoms with Crippen LogP contribution in [0.4, 0.5) is 5.82 Å². The summed E-state index contributed by atoms with van der Waals surface area (Å²) >= 11 is 0. The molecule has 0 spiro atoms. The lowest BCUT2D eigenvalue weighted by Crippen LogP contribution is -2.28. The summed E-state index contributed by atoms with van der Waals surface area (Å²) < 4.78 is 0. The van der Waals surface area contributed by atoms with Gasteiger partial charge in [-0.2, -0.15) is 0 Å². The maximum Gasteiger partial charge on any atom is 0.144 e. The zero-order chi connectivity index (χ0) is 13.0. The molecule has 0 aromatic carbocycles. The molecule has 0 bridgehead atoms. The molecule has 1 aromatic rings. The standard InChI is InChI=1S/C13H23N5/c1-14-8-12-15-6-4-13(16-12)18(3)10-11-5-7-17(2)9-11/h4,6,11,14H,5,7-10H2,1-3H3. The van der Waals surface area contributed by atoms with Crippen LogP contribution in [0.15, 0.2) is 12.3 Å². The van der Waals surface area contributed by atoms with Crippen LogP contribution in [-0.2, 0) is 6.54 Å². The van der Waals surface area contributed by atoms with Gasteiger partial charge in [0.25, 0.3) is 0 Å². The molecule has 1 N–H and O–H groups in total. The summed E-state index contributed by atoms with van der Waals surface area (Å²) in [5, 5.41) is 3.08. The van der Waals surface area contributed by atoms with Crippen LogP contribution in [0.1, 0.15) is 12.2 Å². The van der Waals surface area contributed by atoms with E-state index in [4.69, 9.17) is 0 Å². The lowest BCUT2D eigenvalue weighted by molar-refractivity contribution is 0.395. The van der Waals surface area contributed by atoms with Crippen LogP contribution in [0.25, 0.3) is 0 Å². The highest BCUT2D eigenvalue weighted by molar-refractivity contribution is 5.36. The number of nitrogens with one attached hydrogen (secondary N) is 1. The van der Waals surface area contributed by atoms with Gasteiger partial charge < -0.3 is 15.1 Å². The summed E-state index contributed by atoms with van der Waals surface area (Å²) in [5.41, 5.74) is 0. The van der Waals surface area contributed by atoms with Crippen molar-refractivity contribution in [1.82, 2.24) is 20.2 Å². The Morgan fingerprint density at radius 3 is 3.06 bits per heavy atom. The Balaban J connectivity index is 1.95.